The van der Waals surface area contributed by atoms with Gasteiger partial charge in [-0.15, -0.1) is 22.9 Å². The van der Waals surface area contributed by atoms with Gasteiger partial charge in [-0.25, -0.2) is 0 Å². The fourth-order valence-electron chi connectivity index (χ4n) is 2.12. The van der Waals surface area contributed by atoms with Crippen molar-refractivity contribution in [2.24, 2.45) is 5.92 Å². The first-order valence-corrected chi connectivity index (χ1v) is 6.92. The molecule has 1 fully saturated rings. The fourth-order valence-corrected chi connectivity index (χ4v) is 3.96. The summed E-state index contributed by atoms with van der Waals surface area (Å²) < 4.78 is 5.65. The molecule has 1 aromatic rings. The SMILES string of the molecule is CCC1OCCC1C(Cl)c1sccc1Cl. The van der Waals surface area contributed by atoms with Crippen LogP contribution in [0.1, 0.15) is 30.0 Å². The third-order valence-corrected chi connectivity index (χ3v) is 5.05. The molecular weight excluding hydrogens is 251 g/mol. The van der Waals surface area contributed by atoms with Crippen molar-refractivity contribution in [3.05, 3.63) is 21.3 Å². The van der Waals surface area contributed by atoms with Gasteiger partial charge < -0.3 is 4.74 Å². The molecule has 15 heavy (non-hydrogen) atoms. The second kappa shape index (κ2) is 5.05. The Morgan fingerprint density at radius 2 is 2.47 bits per heavy atom. The van der Waals surface area contributed by atoms with Crippen LogP contribution in [-0.4, -0.2) is 12.7 Å². The zero-order valence-electron chi connectivity index (χ0n) is 8.58. The number of ether oxygens (including phenoxy) is 1. The molecule has 4 heteroatoms. The van der Waals surface area contributed by atoms with E-state index in [2.05, 4.69) is 6.92 Å². The zero-order valence-corrected chi connectivity index (χ0v) is 10.9. The van der Waals surface area contributed by atoms with E-state index in [0.29, 0.717) is 12.0 Å². The van der Waals surface area contributed by atoms with E-state index in [4.69, 9.17) is 27.9 Å². The first-order chi connectivity index (χ1) is 7.24. The topological polar surface area (TPSA) is 9.23 Å². The van der Waals surface area contributed by atoms with Crippen LogP contribution in [0.15, 0.2) is 11.4 Å². The Kier molecular flexibility index (Phi) is 3.94. The average molecular weight is 265 g/mol. The summed E-state index contributed by atoms with van der Waals surface area (Å²) >= 11 is 14.2. The highest BCUT2D eigenvalue weighted by Crippen LogP contribution is 2.43. The first-order valence-electron chi connectivity index (χ1n) is 5.22. The summed E-state index contributed by atoms with van der Waals surface area (Å²) in [4.78, 5) is 1.09. The third kappa shape index (κ3) is 2.33. The molecule has 0 aliphatic carbocycles. The highest BCUT2D eigenvalue weighted by molar-refractivity contribution is 7.11. The van der Waals surface area contributed by atoms with Crippen molar-refractivity contribution in [2.45, 2.75) is 31.2 Å². The van der Waals surface area contributed by atoms with Gasteiger partial charge in [0, 0.05) is 17.4 Å². The molecule has 0 spiro atoms. The number of hydrogen-bond acceptors (Lipinski definition) is 2. The van der Waals surface area contributed by atoms with Crippen LogP contribution in [0.2, 0.25) is 5.02 Å². The Bertz CT molecular complexity index is 326. The number of halogens is 2. The van der Waals surface area contributed by atoms with Crippen molar-refractivity contribution < 1.29 is 4.74 Å². The lowest BCUT2D eigenvalue weighted by atomic mass is 9.95. The van der Waals surface area contributed by atoms with Gasteiger partial charge in [-0.1, -0.05) is 18.5 Å². The summed E-state index contributed by atoms with van der Waals surface area (Å²) in [5.41, 5.74) is 0. The molecule has 0 amide bonds. The van der Waals surface area contributed by atoms with Crippen LogP contribution in [0.4, 0.5) is 0 Å². The molecule has 0 aromatic carbocycles. The van der Waals surface area contributed by atoms with Crippen molar-refractivity contribution in [3.63, 3.8) is 0 Å². The van der Waals surface area contributed by atoms with E-state index in [9.17, 15) is 0 Å². The summed E-state index contributed by atoms with van der Waals surface area (Å²) in [7, 11) is 0. The monoisotopic (exact) mass is 264 g/mol. The maximum atomic E-state index is 6.48. The van der Waals surface area contributed by atoms with Crippen molar-refractivity contribution in [2.75, 3.05) is 6.61 Å². The summed E-state index contributed by atoms with van der Waals surface area (Å²) in [6, 6.07) is 1.91. The molecule has 2 heterocycles. The molecule has 3 unspecified atom stereocenters. The minimum atomic E-state index is 0.00458. The van der Waals surface area contributed by atoms with E-state index in [1.54, 1.807) is 11.3 Å². The molecule has 1 aliphatic heterocycles. The fraction of sp³-hybridized carbons (Fsp3) is 0.636. The molecular formula is C11H14Cl2OS. The van der Waals surface area contributed by atoms with Crippen molar-refractivity contribution >= 4 is 34.5 Å². The van der Waals surface area contributed by atoms with Crippen LogP contribution < -0.4 is 0 Å². The van der Waals surface area contributed by atoms with Crippen molar-refractivity contribution in [3.8, 4) is 0 Å². The summed E-state index contributed by atoms with van der Waals surface area (Å²) in [5, 5.41) is 2.79. The van der Waals surface area contributed by atoms with Crippen molar-refractivity contribution in [1.82, 2.24) is 0 Å². The Morgan fingerprint density at radius 3 is 3.07 bits per heavy atom. The summed E-state index contributed by atoms with van der Waals surface area (Å²) in [5.74, 6) is 0.410. The molecule has 1 nitrogen and oxygen atoms in total. The van der Waals surface area contributed by atoms with E-state index in [1.165, 1.54) is 0 Å². The largest absolute Gasteiger partial charge is 0.378 e. The Morgan fingerprint density at radius 1 is 1.67 bits per heavy atom. The van der Waals surface area contributed by atoms with Gasteiger partial charge in [-0.3, -0.25) is 0 Å². The number of rotatable bonds is 3. The van der Waals surface area contributed by atoms with E-state index in [1.807, 2.05) is 11.4 Å². The van der Waals surface area contributed by atoms with Gasteiger partial charge in [-0.2, -0.15) is 0 Å². The lowest BCUT2D eigenvalue weighted by Crippen LogP contribution is -2.18. The van der Waals surface area contributed by atoms with Gasteiger partial charge in [0.05, 0.1) is 16.5 Å². The van der Waals surface area contributed by atoms with Crippen LogP contribution in [0.25, 0.3) is 0 Å². The lowest BCUT2D eigenvalue weighted by molar-refractivity contribution is 0.0866. The van der Waals surface area contributed by atoms with Gasteiger partial charge in [-0.05, 0) is 24.3 Å². The molecule has 1 aromatic heterocycles. The second-order valence-corrected chi connectivity index (χ2v) is 5.63. The minimum absolute atomic E-state index is 0.00458. The van der Waals surface area contributed by atoms with E-state index >= 15 is 0 Å². The molecule has 0 N–H and O–H groups in total. The third-order valence-electron chi connectivity index (χ3n) is 2.93. The molecule has 1 saturated heterocycles. The van der Waals surface area contributed by atoms with Gasteiger partial charge in [0.2, 0.25) is 0 Å². The summed E-state index contributed by atoms with van der Waals surface area (Å²) in [6.45, 7) is 2.97. The molecule has 3 atom stereocenters. The summed E-state index contributed by atoms with van der Waals surface area (Å²) in [6.07, 6.45) is 2.36. The predicted octanol–water partition coefficient (Wildman–Crippen LogP) is 4.50. The van der Waals surface area contributed by atoms with Gasteiger partial charge >= 0.3 is 0 Å². The van der Waals surface area contributed by atoms with Crippen LogP contribution in [0.5, 0.6) is 0 Å². The number of thiophene rings is 1. The standard InChI is InChI=1S/C11H14Cl2OS/c1-2-9-7(3-5-14-9)10(13)11-8(12)4-6-15-11/h4,6-7,9-10H,2-3,5H2,1H3. The van der Waals surface area contributed by atoms with Gasteiger partial charge in [0.25, 0.3) is 0 Å². The molecule has 2 rings (SSSR count). The molecule has 0 saturated carbocycles. The van der Waals surface area contributed by atoms with Crippen LogP contribution >= 0.6 is 34.5 Å². The Hall–Kier alpha value is 0.240. The van der Waals surface area contributed by atoms with Crippen LogP contribution in [0.3, 0.4) is 0 Å². The molecule has 1 aliphatic rings. The maximum absolute atomic E-state index is 6.48. The normalized spacial score (nSPS) is 28.2. The highest BCUT2D eigenvalue weighted by Gasteiger charge is 2.34. The van der Waals surface area contributed by atoms with Crippen molar-refractivity contribution in [1.29, 1.82) is 0 Å². The van der Waals surface area contributed by atoms with E-state index in [-0.39, 0.29) is 5.38 Å². The smallest absolute Gasteiger partial charge is 0.0747 e. The Balaban J connectivity index is 2.13. The van der Waals surface area contributed by atoms with Gasteiger partial charge in [0.15, 0.2) is 0 Å². The molecule has 84 valence electrons. The van der Waals surface area contributed by atoms with E-state index in [0.717, 1.165) is 29.3 Å². The average Bonchev–Trinajstić information content (AvgIpc) is 2.84. The van der Waals surface area contributed by atoms with E-state index < -0.39 is 0 Å². The zero-order chi connectivity index (χ0) is 10.8. The lowest BCUT2D eigenvalue weighted by Gasteiger charge is -2.21. The van der Waals surface area contributed by atoms with Crippen LogP contribution in [0, 0.1) is 5.92 Å². The first kappa shape index (κ1) is 11.7. The van der Waals surface area contributed by atoms with Crippen LogP contribution in [-0.2, 0) is 4.74 Å². The maximum Gasteiger partial charge on any atom is 0.0747 e. The number of alkyl halides is 1. The quantitative estimate of drug-likeness (QED) is 0.731. The van der Waals surface area contributed by atoms with Gasteiger partial charge in [0.1, 0.15) is 0 Å². The molecule has 0 radical (unpaired) electrons. The minimum Gasteiger partial charge on any atom is -0.378 e. The predicted molar refractivity (Wildman–Crippen MR) is 66.1 cm³/mol. The molecule has 0 bridgehead atoms. The highest BCUT2D eigenvalue weighted by atomic mass is 35.5. The number of hydrogen-bond donors (Lipinski definition) is 0. The Labute approximate surface area is 104 Å². The second-order valence-electron chi connectivity index (χ2n) is 3.80.